The molecular weight excluding hydrogens is 176 g/mol. The highest BCUT2D eigenvalue weighted by Gasteiger charge is 1.87. The molecule has 0 heterocycles. The summed E-state index contributed by atoms with van der Waals surface area (Å²) in [5.74, 6) is 0. The molecule has 0 aromatic heterocycles. The van der Waals surface area contributed by atoms with Crippen LogP contribution in [0.5, 0.6) is 0 Å². The van der Waals surface area contributed by atoms with Crippen molar-refractivity contribution in [3.63, 3.8) is 0 Å². The lowest BCUT2D eigenvalue weighted by Crippen LogP contribution is -1.67. The van der Waals surface area contributed by atoms with E-state index in [0.29, 0.717) is 0 Å². The third kappa shape index (κ3) is 7.66. The zero-order valence-electron chi connectivity index (χ0n) is 8.92. The molecule has 0 aromatic carbocycles. The predicted molar refractivity (Wildman–Crippen MR) is 64.7 cm³/mol. The Morgan fingerprint density at radius 2 is 1.85 bits per heavy atom. The second-order valence-corrected chi connectivity index (χ2v) is 4.52. The van der Waals surface area contributed by atoms with Gasteiger partial charge in [-0.25, -0.2) is 0 Å². The molecule has 1 heteroatoms. The minimum atomic E-state index is 1.13. The average Bonchev–Trinajstić information content (AvgIpc) is 2.02. The fourth-order valence-corrected chi connectivity index (χ4v) is 1.44. The summed E-state index contributed by atoms with van der Waals surface area (Å²) in [6.45, 7) is 12.1. The maximum absolute atomic E-state index is 3.84. The average molecular weight is 194 g/mol. The van der Waals surface area contributed by atoms with Gasteiger partial charge in [0.2, 0.25) is 0 Å². The van der Waals surface area contributed by atoms with Gasteiger partial charge in [-0.05, 0) is 37.5 Å². The molecule has 0 aromatic rings. The van der Waals surface area contributed by atoms with Gasteiger partial charge in [0.25, 0.3) is 0 Å². The van der Waals surface area contributed by atoms with Crippen LogP contribution in [0.4, 0.5) is 0 Å². The topological polar surface area (TPSA) is 0 Å². The Kier molecular flexibility index (Phi) is 6.43. The van der Waals surface area contributed by atoms with Crippen LogP contribution in [0, 0.1) is 0 Å². The predicted octanol–water partition coefficient (Wildman–Crippen LogP) is 4.68. The SMILES string of the molecule is C=C(C)S/C(C)=C/C=C\C(C)=C/C. The molecule has 0 fully saturated rings. The summed E-state index contributed by atoms with van der Waals surface area (Å²) >= 11 is 1.71. The Balaban J connectivity index is 4.11. The second kappa shape index (κ2) is 6.79. The van der Waals surface area contributed by atoms with E-state index >= 15 is 0 Å². The first kappa shape index (κ1) is 12.3. The first-order chi connectivity index (χ1) is 6.06. The maximum Gasteiger partial charge on any atom is -0.0137 e. The van der Waals surface area contributed by atoms with Crippen molar-refractivity contribution in [2.45, 2.75) is 27.7 Å². The van der Waals surface area contributed by atoms with Crippen LogP contribution in [0.25, 0.3) is 0 Å². The molecule has 0 saturated heterocycles. The van der Waals surface area contributed by atoms with Gasteiger partial charge in [-0.1, -0.05) is 36.5 Å². The van der Waals surface area contributed by atoms with Crippen molar-refractivity contribution in [2.24, 2.45) is 0 Å². The third-order valence-corrected chi connectivity index (χ3v) is 2.29. The Bertz CT molecular complexity index is 254. The fraction of sp³-hybridized carbons (Fsp3) is 0.333. The van der Waals surface area contributed by atoms with E-state index in [1.165, 1.54) is 10.5 Å². The van der Waals surface area contributed by atoms with Crippen molar-refractivity contribution in [3.05, 3.63) is 46.3 Å². The first-order valence-electron chi connectivity index (χ1n) is 4.37. The summed E-state index contributed by atoms with van der Waals surface area (Å²) in [4.78, 5) is 2.40. The Morgan fingerprint density at radius 1 is 1.23 bits per heavy atom. The van der Waals surface area contributed by atoms with E-state index in [-0.39, 0.29) is 0 Å². The van der Waals surface area contributed by atoms with Crippen LogP contribution in [0.1, 0.15) is 27.7 Å². The molecule has 0 aliphatic heterocycles. The molecule has 0 unspecified atom stereocenters. The van der Waals surface area contributed by atoms with Crippen molar-refractivity contribution >= 4 is 11.8 Å². The van der Waals surface area contributed by atoms with Crippen molar-refractivity contribution in [1.82, 2.24) is 0 Å². The van der Waals surface area contributed by atoms with E-state index < -0.39 is 0 Å². The molecule has 0 bridgehead atoms. The van der Waals surface area contributed by atoms with E-state index in [1.807, 2.05) is 13.8 Å². The molecule has 0 radical (unpaired) electrons. The van der Waals surface area contributed by atoms with Gasteiger partial charge in [-0.15, -0.1) is 11.8 Å². The van der Waals surface area contributed by atoms with Crippen LogP contribution in [-0.2, 0) is 0 Å². The van der Waals surface area contributed by atoms with Crippen LogP contribution >= 0.6 is 11.8 Å². The highest BCUT2D eigenvalue weighted by Crippen LogP contribution is 2.22. The first-order valence-corrected chi connectivity index (χ1v) is 5.19. The van der Waals surface area contributed by atoms with Crippen molar-refractivity contribution in [3.8, 4) is 0 Å². The molecular formula is C12H18S. The van der Waals surface area contributed by atoms with Crippen LogP contribution in [-0.4, -0.2) is 0 Å². The van der Waals surface area contributed by atoms with Gasteiger partial charge in [0, 0.05) is 0 Å². The zero-order chi connectivity index (χ0) is 10.3. The van der Waals surface area contributed by atoms with Crippen LogP contribution < -0.4 is 0 Å². The Hall–Kier alpha value is -0.690. The fourth-order valence-electron chi connectivity index (χ4n) is 0.740. The van der Waals surface area contributed by atoms with Crippen LogP contribution in [0.15, 0.2) is 46.3 Å². The highest BCUT2D eigenvalue weighted by atomic mass is 32.2. The summed E-state index contributed by atoms with van der Waals surface area (Å²) in [6, 6.07) is 0. The van der Waals surface area contributed by atoms with E-state index in [4.69, 9.17) is 0 Å². The van der Waals surface area contributed by atoms with Crippen molar-refractivity contribution in [2.75, 3.05) is 0 Å². The number of allylic oxidation sites excluding steroid dienone is 7. The van der Waals surface area contributed by atoms with Gasteiger partial charge >= 0.3 is 0 Å². The lowest BCUT2D eigenvalue weighted by molar-refractivity contribution is 1.47. The summed E-state index contributed by atoms with van der Waals surface area (Å²) < 4.78 is 0. The third-order valence-electron chi connectivity index (χ3n) is 1.48. The van der Waals surface area contributed by atoms with Crippen molar-refractivity contribution in [1.29, 1.82) is 0 Å². The monoisotopic (exact) mass is 194 g/mol. The lowest BCUT2D eigenvalue weighted by atomic mass is 10.2. The molecule has 0 aliphatic rings. The molecule has 13 heavy (non-hydrogen) atoms. The number of hydrogen-bond acceptors (Lipinski definition) is 1. The largest absolute Gasteiger partial charge is 0.100 e. The summed E-state index contributed by atoms with van der Waals surface area (Å²) in [5.41, 5.74) is 1.28. The van der Waals surface area contributed by atoms with Gasteiger partial charge in [0.05, 0.1) is 0 Å². The quantitative estimate of drug-likeness (QED) is 0.586. The molecule has 0 rings (SSSR count). The van der Waals surface area contributed by atoms with E-state index in [1.54, 1.807) is 11.8 Å². The number of rotatable bonds is 4. The molecule has 0 aliphatic carbocycles. The summed E-state index contributed by atoms with van der Waals surface area (Å²) in [5, 5.41) is 0. The molecule has 0 amide bonds. The summed E-state index contributed by atoms with van der Waals surface area (Å²) in [6.07, 6.45) is 8.36. The smallest absolute Gasteiger partial charge is 0.0137 e. The standard InChI is InChI=1S/C12H18S/c1-6-11(4)8-7-9-12(5)13-10(2)3/h6-9H,2H2,1,3-5H3/b8-7-,11-6-,12-9+. The number of thioether (sulfide) groups is 1. The minimum Gasteiger partial charge on any atom is -0.100 e. The second-order valence-electron chi connectivity index (χ2n) is 2.97. The van der Waals surface area contributed by atoms with Gasteiger partial charge in [0.1, 0.15) is 0 Å². The van der Waals surface area contributed by atoms with Gasteiger partial charge in [-0.2, -0.15) is 0 Å². The van der Waals surface area contributed by atoms with E-state index in [2.05, 4.69) is 44.7 Å². The lowest BCUT2D eigenvalue weighted by Gasteiger charge is -1.96. The number of hydrogen-bond donors (Lipinski definition) is 0. The van der Waals surface area contributed by atoms with Gasteiger partial charge < -0.3 is 0 Å². The van der Waals surface area contributed by atoms with E-state index in [0.717, 1.165) is 4.91 Å². The molecule has 0 atom stereocenters. The molecule has 0 spiro atoms. The minimum absolute atomic E-state index is 1.13. The van der Waals surface area contributed by atoms with Crippen LogP contribution in [0.3, 0.4) is 0 Å². The van der Waals surface area contributed by atoms with Gasteiger partial charge in [0.15, 0.2) is 0 Å². The van der Waals surface area contributed by atoms with Gasteiger partial charge in [-0.3, -0.25) is 0 Å². The molecule has 72 valence electrons. The zero-order valence-corrected chi connectivity index (χ0v) is 9.74. The highest BCUT2D eigenvalue weighted by molar-refractivity contribution is 8.06. The Morgan fingerprint density at radius 3 is 2.31 bits per heavy atom. The van der Waals surface area contributed by atoms with Crippen molar-refractivity contribution < 1.29 is 0 Å². The van der Waals surface area contributed by atoms with E-state index in [9.17, 15) is 0 Å². The normalized spacial score (nSPS) is 13.8. The van der Waals surface area contributed by atoms with Crippen LogP contribution in [0.2, 0.25) is 0 Å². The Labute approximate surface area is 86.1 Å². The molecule has 0 nitrogen and oxygen atoms in total. The molecule has 0 saturated carbocycles. The maximum atomic E-state index is 3.84. The molecule has 0 N–H and O–H groups in total. The summed E-state index contributed by atoms with van der Waals surface area (Å²) in [7, 11) is 0.